The molecule has 8 rings (SSSR count). The normalized spacial score (nSPS) is 36.4. The molecule has 0 aromatic carbocycles. The van der Waals surface area contributed by atoms with Gasteiger partial charge in [0, 0.05) is 24.8 Å². The van der Waals surface area contributed by atoms with Gasteiger partial charge in [0.2, 0.25) is 0 Å². The molecule has 0 saturated carbocycles. The van der Waals surface area contributed by atoms with Crippen LogP contribution in [0.25, 0.3) is 0 Å². The van der Waals surface area contributed by atoms with Crippen molar-refractivity contribution >= 4 is 48.9 Å². The van der Waals surface area contributed by atoms with Gasteiger partial charge in [-0.25, -0.2) is 36.7 Å². The van der Waals surface area contributed by atoms with E-state index in [0.717, 1.165) is 29.4 Å². The molecular formula is C44H44F4N8O20S4. The van der Waals surface area contributed by atoms with E-state index in [0.29, 0.717) is 13.7 Å². The Morgan fingerprint density at radius 1 is 0.475 bits per heavy atom. The molecule has 4 saturated heterocycles. The van der Waals surface area contributed by atoms with Crippen molar-refractivity contribution in [1.82, 2.24) is 38.2 Å². The van der Waals surface area contributed by atoms with Gasteiger partial charge in [0.1, 0.15) is 93.7 Å². The van der Waals surface area contributed by atoms with Crippen molar-refractivity contribution in [3.63, 3.8) is 0 Å². The Hall–Kier alpha value is -6.28. The van der Waals surface area contributed by atoms with Gasteiger partial charge < -0.3 is 80.2 Å². The average Bonchev–Trinajstić information content (AvgIpc) is 1.75. The predicted molar refractivity (Wildman–Crippen MR) is 268 cm³/mol. The van der Waals surface area contributed by atoms with E-state index < -0.39 is 146 Å². The van der Waals surface area contributed by atoms with Crippen LogP contribution >= 0.6 is 48.9 Å². The van der Waals surface area contributed by atoms with Gasteiger partial charge in [-0.3, -0.25) is 38.2 Å². The predicted octanol–water partition coefficient (Wildman–Crippen LogP) is -4.82. The van der Waals surface area contributed by atoms with Gasteiger partial charge >= 0.3 is 22.8 Å². The van der Waals surface area contributed by atoms with Crippen LogP contribution in [0.15, 0.2) is 44.0 Å². The molecule has 0 aliphatic carbocycles. The van der Waals surface area contributed by atoms with Crippen LogP contribution in [0.2, 0.25) is 0 Å². The lowest BCUT2D eigenvalue weighted by Gasteiger charge is -2.20. The minimum Gasteiger partial charge on any atom is -0.390 e. The van der Waals surface area contributed by atoms with Crippen LogP contribution in [0.1, 0.15) is 55.3 Å². The summed E-state index contributed by atoms with van der Waals surface area (Å²) in [7, 11) is 0. The fraction of sp³-hybridized carbons (Fsp3) is 0.455. The molecule has 0 bridgehead atoms. The molecule has 432 valence electrons. The number of halogens is 4. The number of rotatable bonds is 8. The first-order valence-electron chi connectivity index (χ1n) is 24.4. The molecule has 4 aliphatic rings. The molecule has 4 fully saturated rings. The Morgan fingerprint density at radius 3 is 0.975 bits per heavy atom. The van der Waals surface area contributed by atoms with Crippen LogP contribution in [0, 0.1) is 67.9 Å². The van der Waals surface area contributed by atoms with Crippen LogP contribution in [0.4, 0.5) is 17.6 Å². The average molecular weight is 1220 g/mol. The van der Waals surface area contributed by atoms with E-state index >= 15 is 0 Å². The number of nitrogens with zero attached hydrogens (tertiary/aromatic N) is 4. The standard InChI is InChI=1S/4C11H11FN2O5S/c4*1-2-5-3-14(10(18)13-8(5)20)9-6(16)7(17)11(12,4-15)19-9/h4*1,3,6-7,9,15-17H,4H2,(H,13,18,20)/t4*6-,7+,9-,11-/m1111/s1/i4D2,9D;9D;4D2;. The molecule has 4 aromatic heterocycles. The zero-order valence-electron chi connectivity index (χ0n) is 45.4. The minimum atomic E-state index is -3.86. The van der Waals surface area contributed by atoms with Gasteiger partial charge in [0.15, 0.2) is 24.9 Å². The number of hydrogen-bond donors (Lipinski definition) is 16. The molecule has 36 heteroatoms. The lowest BCUT2D eigenvalue weighted by atomic mass is 10.1. The third-order valence-corrected chi connectivity index (χ3v) is 12.6. The second-order valence-electron chi connectivity index (χ2n) is 16.3. The molecule has 0 spiro atoms. The van der Waals surface area contributed by atoms with E-state index in [9.17, 15) is 82.7 Å². The quantitative estimate of drug-likeness (QED) is 0.0447. The van der Waals surface area contributed by atoms with Crippen molar-refractivity contribution in [2.45, 2.75) is 97.1 Å². The van der Waals surface area contributed by atoms with Gasteiger partial charge in [-0.05, 0) is 0 Å². The van der Waals surface area contributed by atoms with Crippen molar-refractivity contribution in [2.24, 2.45) is 0 Å². The van der Waals surface area contributed by atoms with Crippen molar-refractivity contribution in [1.29, 1.82) is 0 Å². The molecule has 80 heavy (non-hydrogen) atoms. The highest BCUT2D eigenvalue weighted by molar-refractivity contribution is 7.72. The second kappa shape index (κ2) is 25.2. The van der Waals surface area contributed by atoms with E-state index in [-0.39, 0.29) is 40.8 Å². The Labute approximate surface area is 472 Å². The van der Waals surface area contributed by atoms with Crippen LogP contribution in [0.3, 0.4) is 0 Å². The number of ether oxygens (including phenoxy) is 4. The van der Waals surface area contributed by atoms with E-state index in [1.54, 1.807) is 0 Å². The fourth-order valence-electron chi connectivity index (χ4n) is 7.01. The number of alkyl halides is 4. The summed E-state index contributed by atoms with van der Waals surface area (Å²) in [5.41, 5.74) is -3.79. The summed E-state index contributed by atoms with van der Waals surface area (Å²) in [6.07, 6.45) is -2.32. The third kappa shape index (κ3) is 12.5. The van der Waals surface area contributed by atoms with Crippen molar-refractivity contribution in [3.05, 3.63) is 108 Å². The van der Waals surface area contributed by atoms with Gasteiger partial charge in [-0.15, -0.1) is 25.7 Å². The van der Waals surface area contributed by atoms with Crippen LogP contribution < -0.4 is 22.8 Å². The summed E-state index contributed by atoms with van der Waals surface area (Å²) in [4.78, 5) is 56.0. The van der Waals surface area contributed by atoms with Crippen molar-refractivity contribution in [3.8, 4) is 49.4 Å². The fourth-order valence-corrected chi connectivity index (χ4v) is 7.81. The number of hydrogen-bond acceptors (Lipinski definition) is 24. The van der Waals surface area contributed by atoms with Crippen LogP contribution in [-0.2, 0) is 18.9 Å². The Balaban J connectivity index is 0.000000210. The number of terminal acetylenes is 4. The maximum atomic E-state index is 14.5. The SMILES string of the molecule is C#Cc1cn([C@@H]2O[C@](F)(CO)[C@@H](O)[C@H]2O)c(=O)[nH]c1=S.[2H]C([2H])(O)[C@@]1(F)O[C@@H](n2cc(C#C)c(=S)[nH]c2=O)[C@H](O)[C@@H]1O.[2H]C([2H])(O)[C@@]1(F)O[C@@]([2H])(n2cc(C#C)c(=S)[nH]c2=O)[C@H](O)[C@@H]1O.[2H][C@@]1(n2cc(C#C)c(=S)[nH]c2=O)O[C@](F)(CO)[C@@H](O)[C@H]1O. The summed E-state index contributed by atoms with van der Waals surface area (Å²) in [6, 6.07) is 0. The Bertz CT molecular complexity index is 3970. The van der Waals surface area contributed by atoms with Crippen LogP contribution in [-0.4, -0.2) is 198 Å². The van der Waals surface area contributed by atoms with Crippen molar-refractivity contribution in [2.75, 3.05) is 26.3 Å². The molecular weight excluding hydrogens is 1160 g/mol. The minimum absolute atomic E-state index is 0.00173. The van der Waals surface area contributed by atoms with Crippen LogP contribution in [0.5, 0.6) is 0 Å². The monoisotopic (exact) mass is 1210 g/mol. The topological polar surface area (TPSA) is 431 Å². The maximum absolute atomic E-state index is 14.5. The zero-order chi connectivity index (χ0) is 65.7. The summed E-state index contributed by atoms with van der Waals surface area (Å²) < 4.78 is 121. The number of aromatic nitrogens is 8. The van der Waals surface area contributed by atoms with Crippen molar-refractivity contribution < 1.29 is 106 Å². The van der Waals surface area contributed by atoms with Gasteiger partial charge in [0.25, 0.3) is 23.4 Å². The molecule has 16 N–H and O–H groups in total. The maximum Gasteiger partial charge on any atom is 0.328 e. The highest BCUT2D eigenvalue weighted by Crippen LogP contribution is 2.40. The van der Waals surface area contributed by atoms with E-state index in [1.165, 1.54) is 0 Å². The van der Waals surface area contributed by atoms with Gasteiger partial charge in [0.05, 0.1) is 30.5 Å². The summed E-state index contributed by atoms with van der Waals surface area (Å²) >= 11 is 19.2. The molecule has 4 aliphatic heterocycles. The number of aliphatic hydroxyl groups excluding tert-OH is 10. The van der Waals surface area contributed by atoms with Gasteiger partial charge in [-0.1, -0.05) is 72.6 Å². The lowest BCUT2D eigenvalue weighted by molar-refractivity contribution is -0.207. The largest absolute Gasteiger partial charge is 0.390 e. The zero-order valence-corrected chi connectivity index (χ0v) is 42.6. The smallest absolute Gasteiger partial charge is 0.328 e. The highest BCUT2D eigenvalue weighted by atomic mass is 32.1. The second-order valence-corrected chi connectivity index (χ2v) is 17.9. The van der Waals surface area contributed by atoms with E-state index in [1.807, 2.05) is 0 Å². The first-order chi connectivity index (χ1) is 39.4. The van der Waals surface area contributed by atoms with E-state index in [4.69, 9.17) is 103 Å². The first kappa shape index (κ1) is 55.6. The van der Waals surface area contributed by atoms with E-state index in [2.05, 4.69) is 57.8 Å². The molecule has 8 heterocycles. The summed E-state index contributed by atoms with van der Waals surface area (Å²) in [5, 5.41) is 114. The number of aromatic amines is 4. The summed E-state index contributed by atoms with van der Waals surface area (Å²) in [6.45, 7) is -9.88. The molecule has 0 radical (unpaired) electrons. The number of H-pyrrole nitrogens is 4. The number of nitrogens with one attached hydrogen (secondary N) is 4. The molecule has 0 amide bonds. The molecule has 28 nitrogen and oxygen atoms in total. The highest BCUT2D eigenvalue weighted by Gasteiger charge is 2.59. The molecule has 0 unspecified atom stereocenters. The Morgan fingerprint density at radius 2 is 0.713 bits per heavy atom. The first-order valence-corrected chi connectivity index (χ1v) is 23.0. The molecule has 4 aromatic rings. The molecule has 16 atom stereocenters. The lowest BCUT2D eigenvalue weighted by Crippen LogP contribution is -2.42. The van der Waals surface area contributed by atoms with Gasteiger partial charge in [-0.2, -0.15) is 0 Å². The Kier molecular flexibility index (Phi) is 17.6. The number of aliphatic hydroxyl groups is 12. The third-order valence-electron chi connectivity index (χ3n) is 11.3. The summed E-state index contributed by atoms with van der Waals surface area (Å²) in [5.74, 6) is -4.88.